The lowest BCUT2D eigenvalue weighted by molar-refractivity contribution is 0.668. The van der Waals surface area contributed by atoms with Crippen LogP contribution in [0, 0.1) is 6.92 Å². The Bertz CT molecular complexity index is 533. The van der Waals surface area contributed by atoms with E-state index in [0.29, 0.717) is 0 Å². The van der Waals surface area contributed by atoms with Gasteiger partial charge in [-0.05, 0) is 23.6 Å². The molecule has 0 radical (unpaired) electrons. The molecule has 0 atom stereocenters. The molecule has 0 amide bonds. The van der Waals surface area contributed by atoms with Crippen molar-refractivity contribution in [3.63, 3.8) is 0 Å². The minimum absolute atomic E-state index is 0.0567. The van der Waals surface area contributed by atoms with Gasteiger partial charge in [0.25, 0.3) is 0 Å². The van der Waals surface area contributed by atoms with E-state index in [-0.39, 0.29) is 5.41 Å². The van der Waals surface area contributed by atoms with Crippen molar-refractivity contribution in [3.8, 4) is 0 Å². The van der Waals surface area contributed by atoms with Crippen LogP contribution in [-0.4, -0.2) is 0 Å². The van der Waals surface area contributed by atoms with E-state index in [1.807, 2.05) is 6.07 Å². The van der Waals surface area contributed by atoms with E-state index < -0.39 is 0 Å². The summed E-state index contributed by atoms with van der Waals surface area (Å²) >= 11 is 0. The maximum Gasteiger partial charge on any atom is 0.00812 e. The van der Waals surface area contributed by atoms with Gasteiger partial charge in [-0.1, -0.05) is 80.6 Å². The summed E-state index contributed by atoms with van der Waals surface area (Å²) in [6.07, 6.45) is 4.48. The predicted molar refractivity (Wildman–Crippen MR) is 79.7 cm³/mol. The summed E-state index contributed by atoms with van der Waals surface area (Å²) in [5.74, 6) is 0. The molecule has 0 nitrogen and oxygen atoms in total. The molecule has 0 aromatic heterocycles. The van der Waals surface area contributed by atoms with Gasteiger partial charge < -0.3 is 0 Å². The SMILES string of the molecule is Cc1ccccc1C(C)(C)/C=C/c1ccccc1. The molecular formula is C18H20. The second kappa shape index (κ2) is 5.22. The van der Waals surface area contributed by atoms with Gasteiger partial charge >= 0.3 is 0 Å². The minimum Gasteiger partial charge on any atom is -0.0739 e. The van der Waals surface area contributed by atoms with Crippen molar-refractivity contribution < 1.29 is 0 Å². The van der Waals surface area contributed by atoms with Crippen LogP contribution < -0.4 is 0 Å². The Morgan fingerprint density at radius 2 is 1.44 bits per heavy atom. The number of aryl methyl sites for hydroxylation is 1. The number of hydrogen-bond acceptors (Lipinski definition) is 0. The van der Waals surface area contributed by atoms with Gasteiger partial charge in [-0.2, -0.15) is 0 Å². The van der Waals surface area contributed by atoms with Gasteiger partial charge in [-0.15, -0.1) is 0 Å². The second-order valence-electron chi connectivity index (χ2n) is 5.28. The molecule has 0 saturated carbocycles. The first kappa shape index (κ1) is 12.6. The summed E-state index contributed by atoms with van der Waals surface area (Å²) in [6, 6.07) is 19.0. The highest BCUT2D eigenvalue weighted by molar-refractivity contribution is 5.52. The fourth-order valence-corrected chi connectivity index (χ4v) is 2.25. The van der Waals surface area contributed by atoms with Gasteiger partial charge in [-0.25, -0.2) is 0 Å². The number of benzene rings is 2. The molecule has 0 aliphatic carbocycles. The molecule has 0 heteroatoms. The van der Waals surface area contributed by atoms with Crippen LogP contribution in [0.5, 0.6) is 0 Å². The Morgan fingerprint density at radius 1 is 0.833 bits per heavy atom. The molecule has 0 saturated heterocycles. The number of rotatable bonds is 3. The zero-order valence-electron chi connectivity index (χ0n) is 11.4. The molecular weight excluding hydrogens is 216 g/mol. The van der Waals surface area contributed by atoms with E-state index in [0.717, 1.165) is 0 Å². The predicted octanol–water partition coefficient (Wildman–Crippen LogP) is 4.99. The van der Waals surface area contributed by atoms with Crippen LogP contribution in [0.2, 0.25) is 0 Å². The lowest BCUT2D eigenvalue weighted by atomic mass is 9.81. The highest BCUT2D eigenvalue weighted by Crippen LogP contribution is 2.28. The highest BCUT2D eigenvalue weighted by atomic mass is 14.2. The zero-order valence-corrected chi connectivity index (χ0v) is 11.4. The summed E-state index contributed by atoms with van der Waals surface area (Å²) in [7, 11) is 0. The molecule has 2 rings (SSSR count). The molecule has 0 fully saturated rings. The van der Waals surface area contributed by atoms with Gasteiger partial charge in [0, 0.05) is 5.41 Å². The molecule has 0 aliphatic rings. The monoisotopic (exact) mass is 236 g/mol. The van der Waals surface area contributed by atoms with Crippen molar-refractivity contribution in [2.45, 2.75) is 26.2 Å². The highest BCUT2D eigenvalue weighted by Gasteiger charge is 2.18. The molecule has 0 spiro atoms. The molecule has 18 heavy (non-hydrogen) atoms. The first-order valence-corrected chi connectivity index (χ1v) is 6.40. The fourth-order valence-electron chi connectivity index (χ4n) is 2.25. The molecule has 2 aromatic carbocycles. The third-order valence-corrected chi connectivity index (χ3v) is 3.33. The first-order valence-electron chi connectivity index (χ1n) is 6.40. The normalized spacial score (nSPS) is 11.9. The third kappa shape index (κ3) is 2.89. The molecule has 0 N–H and O–H groups in total. The minimum atomic E-state index is 0.0567. The van der Waals surface area contributed by atoms with E-state index in [4.69, 9.17) is 0 Å². The Labute approximate surface area is 110 Å². The van der Waals surface area contributed by atoms with E-state index in [9.17, 15) is 0 Å². The van der Waals surface area contributed by atoms with Gasteiger partial charge in [0.05, 0.1) is 0 Å². The van der Waals surface area contributed by atoms with Crippen LogP contribution in [0.1, 0.15) is 30.5 Å². The Kier molecular flexibility index (Phi) is 3.66. The molecule has 0 unspecified atom stereocenters. The van der Waals surface area contributed by atoms with Crippen LogP contribution in [0.25, 0.3) is 6.08 Å². The third-order valence-electron chi connectivity index (χ3n) is 3.33. The average Bonchev–Trinajstić information content (AvgIpc) is 2.38. The van der Waals surface area contributed by atoms with Gasteiger partial charge in [0.15, 0.2) is 0 Å². The lowest BCUT2D eigenvalue weighted by Crippen LogP contribution is -2.14. The number of hydrogen-bond donors (Lipinski definition) is 0. The van der Waals surface area contributed by atoms with Crippen molar-refractivity contribution in [1.82, 2.24) is 0 Å². The van der Waals surface area contributed by atoms with Crippen molar-refractivity contribution in [1.29, 1.82) is 0 Å². The second-order valence-corrected chi connectivity index (χ2v) is 5.28. The van der Waals surface area contributed by atoms with Crippen molar-refractivity contribution in [2.75, 3.05) is 0 Å². The topological polar surface area (TPSA) is 0 Å². The van der Waals surface area contributed by atoms with Crippen molar-refractivity contribution in [2.24, 2.45) is 0 Å². The van der Waals surface area contributed by atoms with Crippen LogP contribution in [-0.2, 0) is 5.41 Å². The standard InChI is InChI=1S/C18H20/c1-15-9-7-8-12-17(15)18(2,3)14-13-16-10-5-4-6-11-16/h4-14H,1-3H3/b14-13+. The largest absolute Gasteiger partial charge is 0.0739 e. The van der Waals surface area contributed by atoms with Gasteiger partial charge in [0.2, 0.25) is 0 Å². The van der Waals surface area contributed by atoms with Crippen LogP contribution in [0.15, 0.2) is 60.7 Å². The summed E-state index contributed by atoms with van der Waals surface area (Å²) < 4.78 is 0. The summed E-state index contributed by atoms with van der Waals surface area (Å²) in [6.45, 7) is 6.69. The van der Waals surface area contributed by atoms with Gasteiger partial charge in [0.1, 0.15) is 0 Å². The average molecular weight is 236 g/mol. The molecule has 92 valence electrons. The van der Waals surface area contributed by atoms with Crippen molar-refractivity contribution >= 4 is 6.08 Å². The number of allylic oxidation sites excluding steroid dienone is 1. The molecule has 0 heterocycles. The van der Waals surface area contributed by atoms with E-state index in [1.54, 1.807) is 0 Å². The van der Waals surface area contributed by atoms with E-state index >= 15 is 0 Å². The Balaban J connectivity index is 2.28. The summed E-state index contributed by atoms with van der Waals surface area (Å²) in [5, 5.41) is 0. The molecule has 2 aromatic rings. The first-order chi connectivity index (χ1) is 8.59. The quantitative estimate of drug-likeness (QED) is 0.704. The van der Waals surface area contributed by atoms with Crippen molar-refractivity contribution in [3.05, 3.63) is 77.4 Å². The Hall–Kier alpha value is -1.82. The van der Waals surface area contributed by atoms with E-state index in [1.165, 1.54) is 16.7 Å². The molecule has 0 aliphatic heterocycles. The lowest BCUT2D eigenvalue weighted by Gasteiger charge is -2.23. The van der Waals surface area contributed by atoms with Crippen LogP contribution in [0.3, 0.4) is 0 Å². The molecule has 0 bridgehead atoms. The maximum atomic E-state index is 2.28. The van der Waals surface area contributed by atoms with Crippen LogP contribution >= 0.6 is 0 Å². The zero-order chi connectivity index (χ0) is 13.0. The Morgan fingerprint density at radius 3 is 2.11 bits per heavy atom. The van der Waals surface area contributed by atoms with Crippen LogP contribution in [0.4, 0.5) is 0 Å². The summed E-state index contributed by atoms with van der Waals surface area (Å²) in [5.41, 5.74) is 4.04. The van der Waals surface area contributed by atoms with E-state index in [2.05, 4.69) is 81.5 Å². The maximum absolute atomic E-state index is 2.28. The smallest absolute Gasteiger partial charge is 0.00812 e. The fraction of sp³-hybridized carbons (Fsp3) is 0.222. The summed E-state index contributed by atoms with van der Waals surface area (Å²) in [4.78, 5) is 0. The van der Waals surface area contributed by atoms with Gasteiger partial charge in [-0.3, -0.25) is 0 Å².